The van der Waals surface area contributed by atoms with Crippen LogP contribution in [-0.4, -0.2) is 0 Å². The summed E-state index contributed by atoms with van der Waals surface area (Å²) in [6, 6.07) is 10.3. The average molecular weight is 275 g/mol. The van der Waals surface area contributed by atoms with E-state index in [1.54, 1.807) is 0 Å². The molecule has 0 fully saturated rings. The van der Waals surface area contributed by atoms with Crippen LogP contribution in [-0.2, 0) is 0 Å². The van der Waals surface area contributed by atoms with Crippen LogP contribution in [0.1, 0.15) is 5.56 Å². The first kappa shape index (κ1) is 14.9. The van der Waals surface area contributed by atoms with Crippen molar-refractivity contribution in [3.63, 3.8) is 0 Å². The molecule has 0 radical (unpaired) electrons. The first-order chi connectivity index (χ1) is 8.86. The highest BCUT2D eigenvalue weighted by Crippen LogP contribution is 2.23. The molecule has 2 aromatic carbocycles. The molecule has 1 nitrogen and oxygen atoms in total. The largest absolute Gasteiger partial charge is 0.394 e. The normalized spacial score (nSPS) is 9.79. The lowest BCUT2D eigenvalue weighted by Crippen LogP contribution is -2.05. The van der Waals surface area contributed by atoms with E-state index >= 15 is 0 Å². The van der Waals surface area contributed by atoms with Crippen molar-refractivity contribution < 1.29 is 22.0 Å². The first-order valence-electron chi connectivity index (χ1n) is 5.14. The Labute approximate surface area is 106 Å². The average Bonchev–Trinajstić information content (AvgIpc) is 2.42. The topological polar surface area (TPSA) is 26.0 Å². The van der Waals surface area contributed by atoms with Gasteiger partial charge in [-0.25, -0.2) is 22.0 Å². The lowest BCUT2D eigenvalue weighted by molar-refractivity contribution is 0.382. The quantitative estimate of drug-likeness (QED) is 0.335. The minimum Gasteiger partial charge on any atom is -0.394 e. The molecule has 0 amide bonds. The van der Waals surface area contributed by atoms with Gasteiger partial charge >= 0.3 is 0 Å². The summed E-state index contributed by atoms with van der Waals surface area (Å²) in [5.74, 6) is -10.3. The second-order valence-electron chi connectivity index (χ2n) is 3.64. The molecule has 0 spiro atoms. The molecule has 6 heteroatoms. The Morgan fingerprint density at radius 1 is 0.684 bits per heavy atom. The van der Waals surface area contributed by atoms with Crippen LogP contribution in [0.25, 0.3) is 0 Å². The molecular weight excluding hydrogens is 265 g/mol. The van der Waals surface area contributed by atoms with Gasteiger partial charge in [0.1, 0.15) is 5.69 Å². The molecule has 2 aromatic rings. The Morgan fingerprint density at radius 2 is 1.05 bits per heavy atom. The molecule has 0 heterocycles. The van der Waals surface area contributed by atoms with Crippen LogP contribution < -0.4 is 5.73 Å². The van der Waals surface area contributed by atoms with E-state index in [2.05, 4.69) is 24.8 Å². The van der Waals surface area contributed by atoms with Gasteiger partial charge in [0.2, 0.25) is 5.82 Å². The Balaban J connectivity index is 0.000000218. The molecule has 2 rings (SSSR count). The molecule has 0 aliphatic carbocycles. The lowest BCUT2D eigenvalue weighted by Gasteiger charge is -2.02. The van der Waals surface area contributed by atoms with Crippen molar-refractivity contribution >= 4 is 5.69 Å². The van der Waals surface area contributed by atoms with Crippen LogP contribution in [0.5, 0.6) is 0 Å². The smallest absolute Gasteiger partial charge is 0.200 e. The van der Waals surface area contributed by atoms with Crippen molar-refractivity contribution in [1.82, 2.24) is 0 Å². The molecule has 0 aliphatic heterocycles. The van der Waals surface area contributed by atoms with Crippen molar-refractivity contribution in [2.45, 2.75) is 6.92 Å². The van der Waals surface area contributed by atoms with Gasteiger partial charge in [-0.1, -0.05) is 35.9 Å². The number of nitrogen functional groups attached to an aromatic ring is 1. The van der Waals surface area contributed by atoms with Gasteiger partial charge in [0.15, 0.2) is 23.3 Å². The fraction of sp³-hybridized carbons (Fsp3) is 0.0769. The third-order valence-electron chi connectivity index (χ3n) is 2.18. The number of hydrogen-bond acceptors (Lipinski definition) is 1. The predicted octanol–water partition coefficient (Wildman–Crippen LogP) is 3.96. The number of rotatable bonds is 0. The molecule has 0 aromatic heterocycles. The van der Waals surface area contributed by atoms with Crippen LogP contribution >= 0.6 is 0 Å². The van der Waals surface area contributed by atoms with Crippen molar-refractivity contribution in [1.29, 1.82) is 0 Å². The summed E-state index contributed by atoms with van der Waals surface area (Å²) in [7, 11) is 0. The van der Waals surface area contributed by atoms with E-state index in [4.69, 9.17) is 0 Å². The SMILES string of the molecule is Cc1ccccc1.Nc1c(F)c(F)c(F)c(F)c1F. The van der Waals surface area contributed by atoms with Crippen LogP contribution in [0, 0.1) is 36.0 Å². The molecule has 0 unspecified atom stereocenters. The molecule has 2 N–H and O–H groups in total. The molecule has 102 valence electrons. The molecule has 0 aliphatic rings. The minimum absolute atomic E-state index is 1.32. The Bertz CT molecular complexity index is 464. The number of aryl methyl sites for hydroxylation is 1. The van der Waals surface area contributed by atoms with E-state index in [1.807, 2.05) is 18.2 Å². The molecule has 19 heavy (non-hydrogen) atoms. The predicted molar refractivity (Wildman–Crippen MR) is 61.8 cm³/mol. The summed E-state index contributed by atoms with van der Waals surface area (Å²) in [5.41, 5.74) is 4.51. The zero-order valence-electron chi connectivity index (χ0n) is 9.85. The van der Waals surface area contributed by atoms with Crippen molar-refractivity contribution in [3.8, 4) is 0 Å². The van der Waals surface area contributed by atoms with Crippen molar-refractivity contribution in [3.05, 3.63) is 65.0 Å². The van der Waals surface area contributed by atoms with Crippen LogP contribution in [0.4, 0.5) is 27.6 Å². The standard InChI is InChI=1S/C7H8.C6H2F5N/c1-7-5-3-2-4-6-7;7-1-2(8)4(10)6(12)5(11)3(1)9/h2-6H,1H3;12H2. The number of anilines is 1. The summed E-state index contributed by atoms with van der Waals surface area (Å²) in [4.78, 5) is 0. The summed E-state index contributed by atoms with van der Waals surface area (Å²) in [5, 5.41) is 0. The number of hydrogen-bond donors (Lipinski definition) is 1. The van der Waals surface area contributed by atoms with Crippen LogP contribution in [0.3, 0.4) is 0 Å². The van der Waals surface area contributed by atoms with Gasteiger partial charge in [-0.2, -0.15) is 0 Å². The highest BCUT2D eigenvalue weighted by Gasteiger charge is 2.23. The van der Waals surface area contributed by atoms with Crippen molar-refractivity contribution in [2.24, 2.45) is 0 Å². The first-order valence-corrected chi connectivity index (χ1v) is 5.14. The van der Waals surface area contributed by atoms with Gasteiger partial charge < -0.3 is 5.73 Å². The van der Waals surface area contributed by atoms with Crippen LogP contribution in [0.2, 0.25) is 0 Å². The van der Waals surface area contributed by atoms with Gasteiger partial charge in [0, 0.05) is 0 Å². The molecule has 0 saturated heterocycles. The summed E-state index contributed by atoms with van der Waals surface area (Å²) < 4.78 is 61.1. The Morgan fingerprint density at radius 3 is 1.37 bits per heavy atom. The van der Waals surface area contributed by atoms with Gasteiger partial charge in [0.25, 0.3) is 0 Å². The maximum absolute atomic E-state index is 12.3. The Kier molecular flexibility index (Phi) is 4.86. The van der Waals surface area contributed by atoms with E-state index in [9.17, 15) is 22.0 Å². The minimum atomic E-state index is -2.21. The van der Waals surface area contributed by atoms with Crippen LogP contribution in [0.15, 0.2) is 30.3 Å². The number of halogens is 5. The van der Waals surface area contributed by atoms with E-state index in [0.29, 0.717) is 0 Å². The van der Waals surface area contributed by atoms with E-state index in [1.165, 1.54) is 5.56 Å². The maximum atomic E-state index is 12.3. The second-order valence-corrected chi connectivity index (χ2v) is 3.64. The highest BCUT2D eigenvalue weighted by molar-refractivity contribution is 5.42. The van der Waals surface area contributed by atoms with Gasteiger partial charge in [-0.15, -0.1) is 0 Å². The molecular formula is C13H10F5N. The zero-order valence-corrected chi connectivity index (χ0v) is 9.85. The van der Waals surface area contributed by atoms with Crippen molar-refractivity contribution in [2.75, 3.05) is 5.73 Å². The van der Waals surface area contributed by atoms with Gasteiger partial charge in [-0.3, -0.25) is 0 Å². The number of nitrogens with two attached hydrogens (primary N) is 1. The highest BCUT2D eigenvalue weighted by atomic mass is 19.2. The summed E-state index contributed by atoms with van der Waals surface area (Å²) in [6.07, 6.45) is 0. The fourth-order valence-electron chi connectivity index (χ4n) is 1.16. The summed E-state index contributed by atoms with van der Waals surface area (Å²) >= 11 is 0. The molecule has 0 saturated carbocycles. The van der Waals surface area contributed by atoms with E-state index in [-0.39, 0.29) is 0 Å². The maximum Gasteiger partial charge on any atom is 0.200 e. The van der Waals surface area contributed by atoms with Gasteiger partial charge in [-0.05, 0) is 6.92 Å². The third-order valence-corrected chi connectivity index (χ3v) is 2.18. The van der Waals surface area contributed by atoms with E-state index in [0.717, 1.165) is 0 Å². The summed E-state index contributed by atoms with van der Waals surface area (Å²) in [6.45, 7) is 2.08. The Hall–Kier alpha value is -2.11. The zero-order chi connectivity index (χ0) is 14.6. The number of benzene rings is 2. The molecule has 0 bridgehead atoms. The van der Waals surface area contributed by atoms with E-state index < -0.39 is 34.8 Å². The monoisotopic (exact) mass is 275 g/mol. The lowest BCUT2D eigenvalue weighted by atomic mass is 10.2. The fourth-order valence-corrected chi connectivity index (χ4v) is 1.16. The third kappa shape index (κ3) is 3.43. The van der Waals surface area contributed by atoms with Gasteiger partial charge in [0.05, 0.1) is 0 Å². The molecule has 0 atom stereocenters. The second kappa shape index (κ2) is 6.17.